The van der Waals surface area contributed by atoms with Gasteiger partial charge in [0.15, 0.2) is 0 Å². The van der Waals surface area contributed by atoms with Crippen LogP contribution in [0.25, 0.3) is 0 Å². The van der Waals surface area contributed by atoms with Crippen molar-refractivity contribution in [3.8, 4) is 11.6 Å². The van der Waals surface area contributed by atoms with Crippen molar-refractivity contribution in [2.45, 2.75) is 20.4 Å². The van der Waals surface area contributed by atoms with Gasteiger partial charge in [-0.3, -0.25) is 4.98 Å². The highest BCUT2D eigenvalue weighted by Crippen LogP contribution is 2.19. The van der Waals surface area contributed by atoms with Gasteiger partial charge in [-0.15, -0.1) is 0 Å². The maximum atomic E-state index is 5.62. The van der Waals surface area contributed by atoms with Gasteiger partial charge >= 0.3 is 0 Å². The zero-order valence-electron chi connectivity index (χ0n) is 10.7. The quantitative estimate of drug-likeness (QED) is 0.877. The summed E-state index contributed by atoms with van der Waals surface area (Å²) in [7, 11) is 0. The summed E-state index contributed by atoms with van der Waals surface area (Å²) in [5.74, 6) is 1.30. The Morgan fingerprint density at radius 3 is 2.78 bits per heavy atom. The molecule has 2 aromatic rings. The summed E-state index contributed by atoms with van der Waals surface area (Å²) in [5, 5.41) is 3.20. The number of nitrogens with one attached hydrogen (secondary N) is 1. The Morgan fingerprint density at radius 2 is 2.11 bits per heavy atom. The van der Waals surface area contributed by atoms with Gasteiger partial charge < -0.3 is 10.1 Å². The minimum atomic E-state index is 0.515. The minimum Gasteiger partial charge on any atom is -0.437 e. The monoisotopic (exact) mass is 243 g/mol. The molecule has 1 aromatic carbocycles. The first-order valence-electron chi connectivity index (χ1n) is 6.04. The lowest BCUT2D eigenvalue weighted by Crippen LogP contribution is -2.13. The maximum absolute atomic E-state index is 5.62. The normalized spacial score (nSPS) is 10.3. The lowest BCUT2D eigenvalue weighted by molar-refractivity contribution is 0.458. The van der Waals surface area contributed by atoms with E-state index in [4.69, 9.17) is 4.74 Å². The third-order valence-corrected chi connectivity index (χ3v) is 2.45. The fourth-order valence-corrected chi connectivity index (χ4v) is 1.54. The highest BCUT2D eigenvalue weighted by atomic mass is 16.5. The molecule has 0 atom stereocenters. The van der Waals surface area contributed by atoms with E-state index in [9.17, 15) is 0 Å². The van der Waals surface area contributed by atoms with E-state index in [0.717, 1.165) is 30.1 Å². The van der Waals surface area contributed by atoms with E-state index < -0.39 is 0 Å². The third-order valence-electron chi connectivity index (χ3n) is 2.45. The predicted molar refractivity (Wildman–Crippen MR) is 70.7 cm³/mol. The smallest absolute Gasteiger partial charge is 0.237 e. The Balaban J connectivity index is 2.02. The Kier molecular flexibility index (Phi) is 4.25. The maximum Gasteiger partial charge on any atom is 0.237 e. The summed E-state index contributed by atoms with van der Waals surface area (Å²) in [6.45, 7) is 5.73. The van der Waals surface area contributed by atoms with Gasteiger partial charge in [0.25, 0.3) is 0 Å². The lowest BCUT2D eigenvalue weighted by atomic mass is 10.2. The summed E-state index contributed by atoms with van der Waals surface area (Å²) < 4.78 is 5.62. The van der Waals surface area contributed by atoms with Crippen LogP contribution in [0.2, 0.25) is 0 Å². The average molecular weight is 243 g/mol. The molecule has 1 heterocycles. The molecule has 2 rings (SSSR count). The molecular formula is C14H17N3O. The van der Waals surface area contributed by atoms with E-state index in [-0.39, 0.29) is 0 Å². The fourth-order valence-electron chi connectivity index (χ4n) is 1.54. The number of hydrogen-bond acceptors (Lipinski definition) is 4. The molecule has 0 saturated heterocycles. The second-order valence-electron chi connectivity index (χ2n) is 4.04. The van der Waals surface area contributed by atoms with Crippen LogP contribution in [0.4, 0.5) is 0 Å². The zero-order valence-corrected chi connectivity index (χ0v) is 10.7. The molecular weight excluding hydrogens is 226 g/mol. The molecule has 0 saturated carbocycles. The molecule has 4 nitrogen and oxygen atoms in total. The molecule has 0 radical (unpaired) electrons. The average Bonchev–Trinajstić information content (AvgIpc) is 2.38. The highest BCUT2D eigenvalue weighted by Gasteiger charge is 2.00. The highest BCUT2D eigenvalue weighted by molar-refractivity contribution is 5.30. The van der Waals surface area contributed by atoms with Crippen LogP contribution in [-0.2, 0) is 6.54 Å². The number of benzene rings is 1. The number of ether oxygens (including phenoxy) is 1. The fraction of sp³-hybridized carbons (Fsp3) is 0.286. The van der Waals surface area contributed by atoms with Crippen LogP contribution in [0.1, 0.15) is 18.2 Å². The Morgan fingerprint density at radius 1 is 1.22 bits per heavy atom. The first-order chi connectivity index (χ1) is 8.78. The number of hydrogen-bond donors (Lipinski definition) is 1. The van der Waals surface area contributed by atoms with Crippen LogP contribution in [0.5, 0.6) is 11.6 Å². The van der Waals surface area contributed by atoms with E-state index in [0.29, 0.717) is 5.88 Å². The summed E-state index contributed by atoms with van der Waals surface area (Å²) >= 11 is 0. The SMILES string of the molecule is CCNCc1cnc(Oc2cccc(C)c2)cn1. The molecule has 1 aromatic heterocycles. The van der Waals surface area contributed by atoms with Gasteiger partial charge in [0, 0.05) is 6.54 Å². The number of aryl methyl sites for hydroxylation is 1. The molecule has 94 valence electrons. The number of rotatable bonds is 5. The molecule has 18 heavy (non-hydrogen) atoms. The van der Waals surface area contributed by atoms with Gasteiger partial charge in [-0.25, -0.2) is 4.98 Å². The van der Waals surface area contributed by atoms with Crippen LogP contribution in [0, 0.1) is 6.92 Å². The summed E-state index contributed by atoms with van der Waals surface area (Å²) in [6.07, 6.45) is 3.38. The van der Waals surface area contributed by atoms with Gasteiger partial charge in [-0.2, -0.15) is 0 Å². The predicted octanol–water partition coefficient (Wildman–Crippen LogP) is 2.69. The van der Waals surface area contributed by atoms with Crippen molar-refractivity contribution in [2.75, 3.05) is 6.54 Å². The molecule has 0 unspecified atom stereocenters. The molecule has 0 bridgehead atoms. The molecule has 0 aliphatic carbocycles. The Labute approximate surface area is 107 Å². The van der Waals surface area contributed by atoms with E-state index in [1.54, 1.807) is 12.4 Å². The van der Waals surface area contributed by atoms with Gasteiger partial charge in [0.2, 0.25) is 5.88 Å². The summed E-state index contributed by atoms with van der Waals surface area (Å²) in [6, 6.07) is 7.85. The molecule has 0 aliphatic rings. The minimum absolute atomic E-state index is 0.515. The van der Waals surface area contributed by atoms with Crippen LogP contribution in [0.3, 0.4) is 0 Å². The Hall–Kier alpha value is -1.94. The topological polar surface area (TPSA) is 47.0 Å². The lowest BCUT2D eigenvalue weighted by Gasteiger charge is -2.06. The molecule has 1 N–H and O–H groups in total. The number of aromatic nitrogens is 2. The van der Waals surface area contributed by atoms with Crippen molar-refractivity contribution in [2.24, 2.45) is 0 Å². The van der Waals surface area contributed by atoms with Gasteiger partial charge in [0.1, 0.15) is 5.75 Å². The van der Waals surface area contributed by atoms with Crippen molar-refractivity contribution < 1.29 is 4.74 Å². The van der Waals surface area contributed by atoms with Gasteiger partial charge in [0.05, 0.1) is 18.1 Å². The van der Waals surface area contributed by atoms with Crippen LogP contribution >= 0.6 is 0 Å². The molecule has 0 aliphatic heterocycles. The van der Waals surface area contributed by atoms with E-state index in [1.807, 2.05) is 31.2 Å². The summed E-state index contributed by atoms with van der Waals surface area (Å²) in [4.78, 5) is 8.52. The zero-order chi connectivity index (χ0) is 12.8. The molecule has 0 fully saturated rings. The first kappa shape index (κ1) is 12.5. The second kappa shape index (κ2) is 6.12. The van der Waals surface area contributed by atoms with Crippen molar-refractivity contribution in [1.82, 2.24) is 15.3 Å². The van der Waals surface area contributed by atoms with Crippen molar-refractivity contribution in [3.63, 3.8) is 0 Å². The largest absolute Gasteiger partial charge is 0.437 e. The van der Waals surface area contributed by atoms with Crippen LogP contribution in [-0.4, -0.2) is 16.5 Å². The van der Waals surface area contributed by atoms with E-state index >= 15 is 0 Å². The molecule has 0 spiro atoms. The van der Waals surface area contributed by atoms with Crippen molar-refractivity contribution in [3.05, 3.63) is 47.9 Å². The first-order valence-corrected chi connectivity index (χ1v) is 6.04. The van der Waals surface area contributed by atoms with Gasteiger partial charge in [-0.1, -0.05) is 19.1 Å². The van der Waals surface area contributed by atoms with E-state index in [2.05, 4.69) is 22.2 Å². The molecule has 0 amide bonds. The van der Waals surface area contributed by atoms with Crippen molar-refractivity contribution in [1.29, 1.82) is 0 Å². The molecule has 4 heteroatoms. The summed E-state index contributed by atoms with van der Waals surface area (Å²) in [5.41, 5.74) is 2.07. The van der Waals surface area contributed by atoms with Crippen LogP contribution in [0.15, 0.2) is 36.7 Å². The van der Waals surface area contributed by atoms with Crippen LogP contribution < -0.4 is 10.1 Å². The van der Waals surface area contributed by atoms with E-state index in [1.165, 1.54) is 0 Å². The number of nitrogens with zero attached hydrogens (tertiary/aromatic N) is 2. The second-order valence-corrected chi connectivity index (χ2v) is 4.04. The standard InChI is InChI=1S/C14H17N3O/c1-3-15-8-12-9-17-14(10-16-12)18-13-6-4-5-11(2)7-13/h4-7,9-10,15H,3,8H2,1-2H3. The van der Waals surface area contributed by atoms with Crippen molar-refractivity contribution >= 4 is 0 Å². The third kappa shape index (κ3) is 3.53. The van der Waals surface area contributed by atoms with Gasteiger partial charge in [-0.05, 0) is 31.2 Å². The Bertz CT molecular complexity index is 497.